The molecule has 4 rings (SSSR count). The van der Waals surface area contributed by atoms with Crippen LogP contribution in [0, 0.1) is 0 Å². The Bertz CT molecular complexity index is 1540. The predicted molar refractivity (Wildman–Crippen MR) is 202 cm³/mol. The molecular formula is C40H51F3N6O3. The smallest absolute Gasteiger partial charge is 0.378 e. The molecule has 4 heterocycles. The van der Waals surface area contributed by atoms with Crippen molar-refractivity contribution >= 4 is 23.5 Å². The van der Waals surface area contributed by atoms with E-state index in [1.165, 1.54) is 0 Å². The number of halogens is 3. The van der Waals surface area contributed by atoms with Gasteiger partial charge in [-0.25, -0.2) is 9.97 Å². The third-order valence-electron chi connectivity index (χ3n) is 8.22. The fraction of sp³-hybridized carbons (Fsp3) is 0.450. The van der Waals surface area contributed by atoms with Gasteiger partial charge in [0.15, 0.2) is 0 Å². The van der Waals surface area contributed by atoms with Crippen LogP contribution in [0.4, 0.5) is 30.8 Å². The van der Waals surface area contributed by atoms with Crippen molar-refractivity contribution in [2.45, 2.75) is 64.5 Å². The maximum absolute atomic E-state index is 14.4. The van der Waals surface area contributed by atoms with Gasteiger partial charge in [-0.05, 0) is 51.0 Å². The number of anilines is 3. The number of allylic oxidation sites excluding steroid dienone is 12. The summed E-state index contributed by atoms with van der Waals surface area (Å²) in [5, 5.41) is 2.53. The van der Waals surface area contributed by atoms with Crippen LogP contribution < -0.4 is 15.1 Å². The van der Waals surface area contributed by atoms with E-state index in [1.807, 2.05) is 22.0 Å². The highest BCUT2D eigenvalue weighted by Gasteiger charge is 2.35. The van der Waals surface area contributed by atoms with E-state index in [4.69, 9.17) is 14.5 Å². The van der Waals surface area contributed by atoms with E-state index in [-0.39, 0.29) is 23.5 Å². The van der Waals surface area contributed by atoms with Gasteiger partial charge in [-0.1, -0.05) is 79.8 Å². The summed E-state index contributed by atoms with van der Waals surface area (Å²) in [7, 11) is 0. The number of carbonyl (C=O) groups is 1. The molecule has 1 N–H and O–H groups in total. The zero-order valence-electron chi connectivity index (χ0n) is 30.1. The standard InChI is InChI=1S/C40H51F3N6O3/c1-2-3-4-5-6-7-8-9-10-11-12-13-14-15-16-17-18-19-20-21-38(50)46-36-30-34(40(41,42)43)33(32-44-36)35-31-37(48-22-26-51-27-23-48)47-39(45-35)49-24-28-52-29-25-49/h3-4,6-7,9-10,12-13,15-16,18-19,30-32H,2,5,8,11,14,17,20-29H2,1H3,(H,44,46,50)/b4-3-,7-6-,10-9-,13-12-,16-15-,19-18-. The van der Waals surface area contributed by atoms with Crippen molar-refractivity contribution in [2.75, 3.05) is 67.7 Å². The van der Waals surface area contributed by atoms with Crippen LogP contribution >= 0.6 is 0 Å². The van der Waals surface area contributed by atoms with E-state index in [0.29, 0.717) is 70.8 Å². The Morgan fingerprint density at radius 1 is 0.750 bits per heavy atom. The van der Waals surface area contributed by atoms with E-state index < -0.39 is 17.6 Å². The lowest BCUT2D eigenvalue weighted by atomic mass is 10.1. The fourth-order valence-corrected chi connectivity index (χ4v) is 5.44. The molecule has 0 bridgehead atoms. The quantitative estimate of drug-likeness (QED) is 0.153. The van der Waals surface area contributed by atoms with Gasteiger partial charge < -0.3 is 24.6 Å². The molecule has 2 fully saturated rings. The summed E-state index contributed by atoms with van der Waals surface area (Å²) in [6.07, 6.45) is 27.8. The average molecular weight is 721 g/mol. The molecular weight excluding hydrogens is 669 g/mol. The van der Waals surface area contributed by atoms with Crippen LogP contribution in [-0.4, -0.2) is 73.5 Å². The van der Waals surface area contributed by atoms with Gasteiger partial charge in [0, 0.05) is 50.4 Å². The van der Waals surface area contributed by atoms with Crippen LogP contribution in [0.3, 0.4) is 0 Å². The van der Waals surface area contributed by atoms with Crippen LogP contribution in [0.5, 0.6) is 0 Å². The Hall–Kier alpha value is -4.55. The molecule has 2 saturated heterocycles. The first-order valence-corrected chi connectivity index (χ1v) is 18.2. The number of pyridine rings is 1. The maximum Gasteiger partial charge on any atom is 0.417 e. The number of hydrogen-bond donors (Lipinski definition) is 1. The summed E-state index contributed by atoms with van der Waals surface area (Å²) in [5.41, 5.74) is -1.02. The van der Waals surface area contributed by atoms with Gasteiger partial charge in [0.1, 0.15) is 11.6 Å². The number of alkyl halides is 3. The van der Waals surface area contributed by atoms with Crippen molar-refractivity contribution < 1.29 is 27.4 Å². The molecule has 0 aliphatic carbocycles. The predicted octanol–water partition coefficient (Wildman–Crippen LogP) is 8.65. The Balaban J connectivity index is 1.26. The lowest BCUT2D eigenvalue weighted by Gasteiger charge is -2.31. The molecule has 9 nitrogen and oxygen atoms in total. The molecule has 1 amide bonds. The number of carbonyl (C=O) groups excluding carboxylic acids is 1. The molecule has 2 aliphatic rings. The number of aromatic nitrogens is 3. The number of amides is 1. The van der Waals surface area contributed by atoms with Crippen LogP contribution in [0.2, 0.25) is 0 Å². The van der Waals surface area contributed by atoms with Gasteiger partial charge in [0.05, 0.1) is 37.7 Å². The Kier molecular flexibility index (Phi) is 17.3. The van der Waals surface area contributed by atoms with Crippen LogP contribution in [0.15, 0.2) is 91.2 Å². The van der Waals surface area contributed by atoms with Crippen molar-refractivity contribution in [1.82, 2.24) is 15.0 Å². The molecule has 0 atom stereocenters. The second kappa shape index (κ2) is 22.4. The number of hydrogen-bond acceptors (Lipinski definition) is 8. The van der Waals surface area contributed by atoms with Crippen molar-refractivity contribution in [3.8, 4) is 11.3 Å². The highest BCUT2D eigenvalue weighted by atomic mass is 19.4. The third-order valence-corrected chi connectivity index (χ3v) is 8.22. The van der Waals surface area contributed by atoms with Crippen molar-refractivity contribution in [2.24, 2.45) is 0 Å². The normalized spacial score (nSPS) is 16.2. The third kappa shape index (κ3) is 14.2. The molecule has 0 radical (unpaired) electrons. The first-order chi connectivity index (χ1) is 25.3. The van der Waals surface area contributed by atoms with Crippen LogP contribution in [0.25, 0.3) is 11.3 Å². The summed E-state index contributed by atoms with van der Waals surface area (Å²) in [6, 6.07) is 2.43. The van der Waals surface area contributed by atoms with Crippen molar-refractivity contribution in [1.29, 1.82) is 0 Å². The van der Waals surface area contributed by atoms with E-state index in [1.54, 1.807) is 6.07 Å². The highest BCUT2D eigenvalue weighted by Crippen LogP contribution is 2.38. The SMILES string of the molecule is CC/C=C\C/C=C\C/C=C\C/C=C\C/C=C\C/C=C\CCC(=O)Nc1cc(C(F)(F)F)c(-c2cc(N3CCOCC3)nc(N3CCOCC3)n2)cn1. The van der Waals surface area contributed by atoms with Gasteiger partial charge in [-0.2, -0.15) is 18.2 Å². The number of nitrogens with one attached hydrogen (secondary N) is 1. The van der Waals surface area contributed by atoms with E-state index in [0.717, 1.165) is 50.8 Å². The van der Waals surface area contributed by atoms with Crippen LogP contribution in [-0.2, 0) is 20.4 Å². The number of ether oxygens (including phenoxy) is 2. The molecule has 0 unspecified atom stereocenters. The number of morpholine rings is 2. The molecule has 52 heavy (non-hydrogen) atoms. The minimum Gasteiger partial charge on any atom is -0.378 e. The van der Waals surface area contributed by atoms with Crippen molar-refractivity contribution in [3.05, 3.63) is 96.8 Å². The largest absolute Gasteiger partial charge is 0.417 e. The number of nitrogens with zero attached hydrogens (tertiary/aromatic N) is 5. The van der Waals surface area contributed by atoms with E-state index in [9.17, 15) is 18.0 Å². The molecule has 2 aromatic heterocycles. The van der Waals surface area contributed by atoms with Gasteiger partial charge in [-0.3, -0.25) is 4.79 Å². The first-order valence-electron chi connectivity index (χ1n) is 18.2. The lowest BCUT2D eigenvalue weighted by molar-refractivity contribution is -0.137. The molecule has 2 aromatic rings. The van der Waals surface area contributed by atoms with Gasteiger partial charge in [-0.15, -0.1) is 0 Å². The zero-order valence-corrected chi connectivity index (χ0v) is 30.1. The first kappa shape index (κ1) is 40.2. The van der Waals surface area contributed by atoms with E-state index >= 15 is 0 Å². The summed E-state index contributed by atoms with van der Waals surface area (Å²) in [5.74, 6) is 0.274. The summed E-state index contributed by atoms with van der Waals surface area (Å²) in [4.78, 5) is 29.9. The molecule has 0 saturated carbocycles. The fourth-order valence-electron chi connectivity index (χ4n) is 5.44. The summed E-state index contributed by atoms with van der Waals surface area (Å²) >= 11 is 0. The Morgan fingerprint density at radius 3 is 1.81 bits per heavy atom. The maximum atomic E-state index is 14.4. The summed E-state index contributed by atoms with van der Waals surface area (Å²) in [6.45, 7) is 6.26. The molecule has 2 aliphatic heterocycles. The molecule has 0 spiro atoms. The zero-order chi connectivity index (χ0) is 36.9. The minimum absolute atomic E-state index is 0.105. The molecule has 280 valence electrons. The Labute approximate surface area is 305 Å². The van der Waals surface area contributed by atoms with Gasteiger partial charge in [0.2, 0.25) is 11.9 Å². The second-order valence-electron chi connectivity index (χ2n) is 12.2. The second-order valence-corrected chi connectivity index (χ2v) is 12.2. The van der Waals surface area contributed by atoms with E-state index in [2.05, 4.69) is 83.0 Å². The highest BCUT2D eigenvalue weighted by molar-refractivity contribution is 5.90. The monoisotopic (exact) mass is 720 g/mol. The van der Waals surface area contributed by atoms with Gasteiger partial charge >= 0.3 is 6.18 Å². The molecule has 12 heteroatoms. The lowest BCUT2D eigenvalue weighted by Crippen LogP contribution is -2.39. The van der Waals surface area contributed by atoms with Gasteiger partial charge in [0.25, 0.3) is 0 Å². The topological polar surface area (TPSA) is 92.7 Å². The Morgan fingerprint density at radius 2 is 1.27 bits per heavy atom. The molecule has 0 aromatic carbocycles. The minimum atomic E-state index is -4.72. The number of rotatable bonds is 18. The summed E-state index contributed by atoms with van der Waals surface area (Å²) < 4.78 is 54.2. The average Bonchev–Trinajstić information content (AvgIpc) is 3.16. The van der Waals surface area contributed by atoms with Crippen molar-refractivity contribution in [3.63, 3.8) is 0 Å². The van der Waals surface area contributed by atoms with Crippen LogP contribution in [0.1, 0.15) is 63.9 Å².